The Kier molecular flexibility index (Phi) is 4.69. The van der Waals surface area contributed by atoms with E-state index in [9.17, 15) is 0 Å². The zero-order valence-electron chi connectivity index (χ0n) is 12.4. The van der Waals surface area contributed by atoms with Crippen LogP contribution < -0.4 is 15.2 Å². The smallest absolute Gasteiger partial charge is 0.240 e. The fourth-order valence-corrected chi connectivity index (χ4v) is 2.65. The number of rotatable bonds is 5. The molecule has 0 saturated heterocycles. The Morgan fingerprint density at radius 1 is 1.33 bits per heavy atom. The maximum atomic E-state index is 6.47. The van der Waals surface area contributed by atoms with Crippen molar-refractivity contribution in [3.63, 3.8) is 0 Å². The average molecular weight is 312 g/mol. The van der Waals surface area contributed by atoms with Crippen molar-refractivity contribution in [2.24, 2.45) is 5.73 Å². The van der Waals surface area contributed by atoms with Gasteiger partial charge < -0.3 is 19.7 Å². The SMILES string of the molecule is COc1cc(-c2noc(CN)n2)c(C(C)C)c(Cl)c1OC. The van der Waals surface area contributed by atoms with Crippen LogP contribution in [0.25, 0.3) is 11.4 Å². The molecule has 0 unspecified atom stereocenters. The molecule has 0 amide bonds. The number of benzene rings is 1. The number of aromatic nitrogens is 2. The molecule has 0 aliphatic carbocycles. The summed E-state index contributed by atoms with van der Waals surface area (Å²) in [5.41, 5.74) is 7.12. The molecule has 114 valence electrons. The van der Waals surface area contributed by atoms with Crippen LogP contribution in [0.4, 0.5) is 0 Å². The summed E-state index contributed by atoms with van der Waals surface area (Å²) >= 11 is 6.47. The summed E-state index contributed by atoms with van der Waals surface area (Å²) in [5.74, 6) is 1.95. The number of hydrogen-bond donors (Lipinski definition) is 1. The van der Waals surface area contributed by atoms with E-state index >= 15 is 0 Å². The molecule has 1 heterocycles. The molecule has 0 spiro atoms. The molecule has 0 aliphatic heterocycles. The van der Waals surface area contributed by atoms with E-state index in [1.807, 2.05) is 13.8 Å². The molecule has 0 bridgehead atoms. The predicted octanol–water partition coefficient (Wildman–Crippen LogP) is 2.99. The second-order valence-corrected chi connectivity index (χ2v) is 5.14. The zero-order chi connectivity index (χ0) is 15.6. The van der Waals surface area contributed by atoms with E-state index in [1.165, 1.54) is 0 Å². The number of halogens is 1. The summed E-state index contributed by atoms with van der Waals surface area (Å²) in [7, 11) is 3.10. The van der Waals surface area contributed by atoms with Gasteiger partial charge in [0.15, 0.2) is 11.5 Å². The van der Waals surface area contributed by atoms with Gasteiger partial charge >= 0.3 is 0 Å². The van der Waals surface area contributed by atoms with Gasteiger partial charge in [0, 0.05) is 5.56 Å². The van der Waals surface area contributed by atoms with E-state index in [-0.39, 0.29) is 12.5 Å². The van der Waals surface area contributed by atoms with Crippen molar-refractivity contribution in [2.45, 2.75) is 26.3 Å². The van der Waals surface area contributed by atoms with Crippen LogP contribution in [-0.2, 0) is 6.54 Å². The summed E-state index contributed by atoms with van der Waals surface area (Å²) in [6.45, 7) is 4.24. The van der Waals surface area contributed by atoms with Gasteiger partial charge in [0.05, 0.1) is 25.8 Å². The van der Waals surface area contributed by atoms with E-state index in [1.54, 1.807) is 20.3 Å². The van der Waals surface area contributed by atoms with Crippen LogP contribution in [0.15, 0.2) is 10.6 Å². The molecule has 7 heteroatoms. The lowest BCUT2D eigenvalue weighted by Gasteiger charge is -2.18. The summed E-state index contributed by atoms with van der Waals surface area (Å²) in [4.78, 5) is 4.26. The predicted molar refractivity (Wildman–Crippen MR) is 79.8 cm³/mol. The van der Waals surface area contributed by atoms with Gasteiger partial charge in [0.25, 0.3) is 0 Å². The molecule has 0 fully saturated rings. The molecule has 21 heavy (non-hydrogen) atoms. The van der Waals surface area contributed by atoms with Gasteiger partial charge in [-0.1, -0.05) is 30.6 Å². The lowest BCUT2D eigenvalue weighted by Crippen LogP contribution is -2.01. The molecule has 2 aromatic rings. The van der Waals surface area contributed by atoms with Gasteiger partial charge in [-0.2, -0.15) is 4.98 Å². The largest absolute Gasteiger partial charge is 0.493 e. The topological polar surface area (TPSA) is 83.4 Å². The third-order valence-electron chi connectivity index (χ3n) is 3.11. The van der Waals surface area contributed by atoms with Gasteiger partial charge in [-0.05, 0) is 17.5 Å². The first kappa shape index (κ1) is 15.6. The Labute approximate surface area is 128 Å². The van der Waals surface area contributed by atoms with Gasteiger partial charge in [-0.25, -0.2) is 0 Å². The Morgan fingerprint density at radius 3 is 2.52 bits per heavy atom. The highest BCUT2D eigenvalue weighted by Gasteiger charge is 2.23. The molecule has 6 nitrogen and oxygen atoms in total. The van der Waals surface area contributed by atoms with Crippen molar-refractivity contribution in [1.29, 1.82) is 0 Å². The molecular formula is C14H18ClN3O3. The van der Waals surface area contributed by atoms with E-state index < -0.39 is 0 Å². The highest BCUT2D eigenvalue weighted by Crippen LogP contribution is 2.45. The van der Waals surface area contributed by atoms with Crippen LogP contribution in [0.2, 0.25) is 5.02 Å². The number of nitrogens with two attached hydrogens (primary N) is 1. The molecule has 0 atom stereocenters. The fourth-order valence-electron chi connectivity index (χ4n) is 2.16. The van der Waals surface area contributed by atoms with Crippen LogP contribution in [0.1, 0.15) is 31.2 Å². The second-order valence-electron chi connectivity index (χ2n) is 4.76. The normalized spacial score (nSPS) is 11.0. The third kappa shape index (κ3) is 2.82. The van der Waals surface area contributed by atoms with Crippen molar-refractivity contribution >= 4 is 11.6 Å². The summed E-state index contributed by atoms with van der Waals surface area (Å²) in [5, 5.41) is 4.44. The van der Waals surface area contributed by atoms with Gasteiger partial charge in [-0.3, -0.25) is 0 Å². The highest BCUT2D eigenvalue weighted by atomic mass is 35.5. The Balaban J connectivity index is 2.71. The zero-order valence-corrected chi connectivity index (χ0v) is 13.2. The van der Waals surface area contributed by atoms with Crippen LogP contribution in [0, 0.1) is 0 Å². The molecule has 2 N–H and O–H groups in total. The van der Waals surface area contributed by atoms with Crippen LogP contribution >= 0.6 is 11.6 Å². The fraction of sp³-hybridized carbons (Fsp3) is 0.429. The number of ether oxygens (including phenoxy) is 2. The van der Waals surface area contributed by atoms with Gasteiger partial charge in [0.1, 0.15) is 0 Å². The second kappa shape index (κ2) is 6.32. The average Bonchev–Trinajstić information content (AvgIpc) is 2.94. The number of hydrogen-bond acceptors (Lipinski definition) is 6. The molecule has 2 rings (SSSR count). The summed E-state index contributed by atoms with van der Waals surface area (Å²) in [6.07, 6.45) is 0. The minimum absolute atomic E-state index is 0.145. The maximum absolute atomic E-state index is 6.47. The summed E-state index contributed by atoms with van der Waals surface area (Å²) < 4.78 is 15.7. The minimum atomic E-state index is 0.145. The van der Waals surface area contributed by atoms with Crippen molar-refractivity contribution < 1.29 is 14.0 Å². The molecule has 0 aliphatic rings. The first-order valence-electron chi connectivity index (χ1n) is 6.50. The van der Waals surface area contributed by atoms with E-state index in [0.29, 0.717) is 28.2 Å². The standard InChI is InChI=1S/C14H18ClN3O3/c1-7(2)11-8(14-17-10(6-16)21-18-14)5-9(19-3)13(20-4)12(11)15/h5,7H,6,16H2,1-4H3. The molecule has 1 aromatic carbocycles. The molecule has 0 radical (unpaired) electrons. The van der Waals surface area contributed by atoms with Crippen LogP contribution in [0.5, 0.6) is 11.5 Å². The Morgan fingerprint density at radius 2 is 2.05 bits per heavy atom. The number of nitrogens with zero attached hydrogens (tertiary/aromatic N) is 2. The highest BCUT2D eigenvalue weighted by molar-refractivity contribution is 6.33. The third-order valence-corrected chi connectivity index (χ3v) is 3.49. The Bertz CT molecular complexity index is 641. The first-order valence-corrected chi connectivity index (χ1v) is 6.88. The molecular weight excluding hydrogens is 294 g/mol. The van der Waals surface area contributed by atoms with Gasteiger partial charge in [-0.15, -0.1) is 0 Å². The quantitative estimate of drug-likeness (QED) is 0.914. The number of methoxy groups -OCH3 is 2. The Hall–Kier alpha value is -1.79. The monoisotopic (exact) mass is 311 g/mol. The lowest BCUT2D eigenvalue weighted by molar-refractivity contribution is 0.354. The van der Waals surface area contributed by atoms with E-state index in [4.69, 9.17) is 31.3 Å². The van der Waals surface area contributed by atoms with Crippen molar-refractivity contribution in [3.05, 3.63) is 22.5 Å². The van der Waals surface area contributed by atoms with Crippen molar-refractivity contribution in [2.75, 3.05) is 14.2 Å². The van der Waals surface area contributed by atoms with Crippen molar-refractivity contribution in [1.82, 2.24) is 10.1 Å². The van der Waals surface area contributed by atoms with Crippen LogP contribution in [0.3, 0.4) is 0 Å². The molecule has 1 aromatic heterocycles. The lowest BCUT2D eigenvalue weighted by atomic mass is 9.95. The maximum Gasteiger partial charge on any atom is 0.240 e. The first-order chi connectivity index (χ1) is 10.0. The molecule has 0 saturated carbocycles. The van der Waals surface area contributed by atoms with E-state index in [0.717, 1.165) is 11.1 Å². The van der Waals surface area contributed by atoms with Crippen LogP contribution in [-0.4, -0.2) is 24.4 Å². The van der Waals surface area contributed by atoms with Crippen molar-refractivity contribution in [3.8, 4) is 22.9 Å². The van der Waals surface area contributed by atoms with Gasteiger partial charge in [0.2, 0.25) is 11.7 Å². The minimum Gasteiger partial charge on any atom is -0.493 e. The summed E-state index contributed by atoms with van der Waals surface area (Å²) in [6, 6.07) is 1.80. The van der Waals surface area contributed by atoms with E-state index in [2.05, 4.69) is 10.1 Å².